The van der Waals surface area contributed by atoms with Crippen LogP contribution in [0.1, 0.15) is 28.5 Å². The van der Waals surface area contributed by atoms with E-state index in [4.69, 9.17) is 14.0 Å². The lowest BCUT2D eigenvalue weighted by Crippen LogP contribution is -2.26. The number of hydrogen-bond acceptors (Lipinski definition) is 6. The third-order valence-electron chi connectivity index (χ3n) is 3.29. The number of nitrogens with zero attached hydrogens (tertiary/aromatic N) is 3. The molecule has 0 saturated heterocycles. The van der Waals surface area contributed by atoms with E-state index in [1.807, 2.05) is 0 Å². The average Bonchev–Trinajstić information content (AvgIpc) is 2.78. The van der Waals surface area contributed by atoms with E-state index in [1.165, 1.54) is 4.90 Å². The molecule has 0 fully saturated rings. The lowest BCUT2D eigenvalue weighted by Gasteiger charge is -2.16. The Hall–Kier alpha value is -2.57. The van der Waals surface area contributed by atoms with Crippen molar-refractivity contribution >= 4 is 5.91 Å². The summed E-state index contributed by atoms with van der Waals surface area (Å²) in [5.74, 6) is 2.09. The average molecular weight is 303 g/mol. The molecule has 0 saturated carbocycles. The second-order valence-electron chi connectivity index (χ2n) is 5.10. The van der Waals surface area contributed by atoms with Crippen LogP contribution >= 0.6 is 0 Å². The Morgan fingerprint density at radius 3 is 2.77 bits per heavy atom. The summed E-state index contributed by atoms with van der Waals surface area (Å²) in [5, 5.41) is 3.79. The smallest absolute Gasteiger partial charge is 0.254 e. The molecule has 1 aromatic heterocycles. The SMILES string of the molecule is Cc1nc(CN(C)C(=O)c2ccc3c(c2)OCCCO3)no1. The first kappa shape index (κ1) is 14.4. The molecule has 7 nitrogen and oxygen atoms in total. The largest absolute Gasteiger partial charge is 0.490 e. The number of benzene rings is 1. The summed E-state index contributed by atoms with van der Waals surface area (Å²) in [4.78, 5) is 18.1. The Morgan fingerprint density at radius 2 is 2.05 bits per heavy atom. The summed E-state index contributed by atoms with van der Waals surface area (Å²) in [7, 11) is 1.69. The van der Waals surface area contributed by atoms with Crippen molar-refractivity contribution in [2.75, 3.05) is 20.3 Å². The molecule has 1 amide bonds. The fraction of sp³-hybridized carbons (Fsp3) is 0.400. The summed E-state index contributed by atoms with van der Waals surface area (Å²) in [6.45, 7) is 3.20. The van der Waals surface area contributed by atoms with E-state index in [1.54, 1.807) is 32.2 Å². The maximum atomic E-state index is 12.5. The van der Waals surface area contributed by atoms with Crippen LogP contribution in [0, 0.1) is 6.92 Å². The van der Waals surface area contributed by atoms with Gasteiger partial charge in [-0.25, -0.2) is 0 Å². The van der Waals surface area contributed by atoms with Gasteiger partial charge in [0.25, 0.3) is 5.91 Å². The third kappa shape index (κ3) is 3.03. The summed E-state index contributed by atoms with van der Waals surface area (Å²) >= 11 is 0. The highest BCUT2D eigenvalue weighted by Gasteiger charge is 2.18. The third-order valence-corrected chi connectivity index (χ3v) is 3.29. The molecule has 7 heteroatoms. The lowest BCUT2D eigenvalue weighted by atomic mass is 10.1. The molecule has 0 radical (unpaired) electrons. The molecule has 0 unspecified atom stereocenters. The Bertz CT molecular complexity index is 683. The molecular weight excluding hydrogens is 286 g/mol. The Kier molecular flexibility index (Phi) is 3.95. The predicted octanol–water partition coefficient (Wildman–Crippen LogP) is 1.81. The normalized spacial score (nSPS) is 13.5. The van der Waals surface area contributed by atoms with Crippen molar-refractivity contribution in [1.82, 2.24) is 15.0 Å². The molecule has 22 heavy (non-hydrogen) atoms. The van der Waals surface area contributed by atoms with E-state index >= 15 is 0 Å². The van der Waals surface area contributed by atoms with E-state index in [0.717, 1.165) is 6.42 Å². The molecular formula is C15H17N3O4. The molecule has 116 valence electrons. The number of aryl methyl sites for hydroxylation is 1. The van der Waals surface area contributed by atoms with Crippen LogP contribution in [-0.4, -0.2) is 41.2 Å². The maximum Gasteiger partial charge on any atom is 0.254 e. The zero-order chi connectivity index (χ0) is 15.5. The van der Waals surface area contributed by atoms with Crippen LogP contribution < -0.4 is 9.47 Å². The minimum absolute atomic E-state index is 0.141. The summed E-state index contributed by atoms with van der Waals surface area (Å²) in [5.41, 5.74) is 0.534. The van der Waals surface area contributed by atoms with Crippen molar-refractivity contribution in [3.05, 3.63) is 35.5 Å². The van der Waals surface area contributed by atoms with E-state index in [9.17, 15) is 4.79 Å². The molecule has 2 heterocycles. The Balaban J connectivity index is 1.75. The van der Waals surface area contributed by atoms with Gasteiger partial charge >= 0.3 is 0 Å². The summed E-state index contributed by atoms with van der Waals surface area (Å²) in [6.07, 6.45) is 0.828. The van der Waals surface area contributed by atoms with Crippen molar-refractivity contribution in [1.29, 1.82) is 0 Å². The first-order chi connectivity index (χ1) is 10.6. The molecule has 2 aromatic rings. The molecule has 0 bridgehead atoms. The van der Waals surface area contributed by atoms with E-state index in [-0.39, 0.29) is 12.5 Å². The molecule has 0 spiro atoms. The molecule has 0 aliphatic carbocycles. The molecule has 1 aliphatic heterocycles. The van der Waals surface area contributed by atoms with Gasteiger partial charge in [0.1, 0.15) is 0 Å². The van der Waals surface area contributed by atoms with Gasteiger partial charge in [0.05, 0.1) is 19.8 Å². The van der Waals surface area contributed by atoms with Crippen molar-refractivity contribution in [3.63, 3.8) is 0 Å². The van der Waals surface area contributed by atoms with Gasteiger partial charge < -0.3 is 18.9 Å². The van der Waals surface area contributed by atoms with Gasteiger partial charge in [-0.2, -0.15) is 4.98 Å². The number of hydrogen-bond donors (Lipinski definition) is 0. The predicted molar refractivity (Wildman–Crippen MR) is 76.9 cm³/mol. The first-order valence-electron chi connectivity index (χ1n) is 7.08. The quantitative estimate of drug-likeness (QED) is 0.860. The first-order valence-corrected chi connectivity index (χ1v) is 7.08. The van der Waals surface area contributed by atoms with E-state index in [2.05, 4.69) is 10.1 Å². The highest BCUT2D eigenvalue weighted by molar-refractivity contribution is 5.94. The number of aromatic nitrogens is 2. The molecule has 3 rings (SSSR count). The topological polar surface area (TPSA) is 77.7 Å². The maximum absolute atomic E-state index is 12.5. The van der Waals surface area contributed by atoms with Crippen LogP contribution in [0.2, 0.25) is 0 Å². The number of ether oxygens (including phenoxy) is 2. The number of carbonyl (C=O) groups excluding carboxylic acids is 1. The standard InChI is InChI=1S/C15H17N3O4/c1-10-16-14(17-22-10)9-18(2)15(19)11-4-5-12-13(8-11)21-7-3-6-20-12/h4-5,8H,3,6-7,9H2,1-2H3. The minimum atomic E-state index is -0.141. The van der Waals surface area contributed by atoms with Crippen molar-refractivity contribution in [3.8, 4) is 11.5 Å². The van der Waals surface area contributed by atoms with Crippen molar-refractivity contribution < 1.29 is 18.8 Å². The second kappa shape index (κ2) is 6.05. The second-order valence-corrected chi connectivity index (χ2v) is 5.10. The highest BCUT2D eigenvalue weighted by atomic mass is 16.5. The van der Waals surface area contributed by atoms with Gasteiger partial charge in [0.2, 0.25) is 5.89 Å². The van der Waals surface area contributed by atoms with Crippen molar-refractivity contribution in [2.24, 2.45) is 0 Å². The van der Waals surface area contributed by atoms with Crippen LogP contribution in [0.25, 0.3) is 0 Å². The van der Waals surface area contributed by atoms with Crippen LogP contribution in [0.15, 0.2) is 22.7 Å². The number of carbonyl (C=O) groups is 1. The van der Waals surface area contributed by atoms with Crippen LogP contribution in [0.3, 0.4) is 0 Å². The van der Waals surface area contributed by atoms with E-state index in [0.29, 0.717) is 42.0 Å². The number of fused-ring (bicyclic) bond motifs is 1. The van der Waals surface area contributed by atoms with Gasteiger partial charge in [-0.3, -0.25) is 4.79 Å². The fourth-order valence-electron chi connectivity index (χ4n) is 2.21. The van der Waals surface area contributed by atoms with Crippen LogP contribution in [0.4, 0.5) is 0 Å². The van der Waals surface area contributed by atoms with Gasteiger partial charge in [0, 0.05) is 26.0 Å². The number of rotatable bonds is 3. The van der Waals surface area contributed by atoms with Crippen LogP contribution in [0.5, 0.6) is 11.5 Å². The Labute approximate surface area is 127 Å². The van der Waals surface area contributed by atoms with Gasteiger partial charge in [-0.1, -0.05) is 5.16 Å². The molecule has 1 aromatic carbocycles. The zero-order valence-corrected chi connectivity index (χ0v) is 12.5. The lowest BCUT2D eigenvalue weighted by molar-refractivity contribution is 0.0780. The zero-order valence-electron chi connectivity index (χ0n) is 12.5. The number of amides is 1. The fourth-order valence-corrected chi connectivity index (χ4v) is 2.21. The molecule has 1 aliphatic rings. The van der Waals surface area contributed by atoms with Gasteiger partial charge in [-0.15, -0.1) is 0 Å². The summed E-state index contributed by atoms with van der Waals surface area (Å²) in [6, 6.07) is 5.20. The van der Waals surface area contributed by atoms with Crippen LogP contribution in [-0.2, 0) is 6.54 Å². The minimum Gasteiger partial charge on any atom is -0.490 e. The van der Waals surface area contributed by atoms with Gasteiger partial charge in [-0.05, 0) is 18.2 Å². The highest BCUT2D eigenvalue weighted by Crippen LogP contribution is 2.30. The Morgan fingerprint density at radius 1 is 1.27 bits per heavy atom. The van der Waals surface area contributed by atoms with Crippen molar-refractivity contribution in [2.45, 2.75) is 19.9 Å². The monoisotopic (exact) mass is 303 g/mol. The van der Waals surface area contributed by atoms with E-state index < -0.39 is 0 Å². The molecule has 0 N–H and O–H groups in total. The summed E-state index contributed by atoms with van der Waals surface area (Å²) < 4.78 is 16.1. The molecule has 0 atom stereocenters. The van der Waals surface area contributed by atoms with Gasteiger partial charge in [0.15, 0.2) is 17.3 Å².